The summed E-state index contributed by atoms with van der Waals surface area (Å²) in [5.74, 6) is -0.475. The summed E-state index contributed by atoms with van der Waals surface area (Å²) in [6, 6.07) is 11.2. The Morgan fingerprint density at radius 3 is 1.77 bits per heavy atom. The molecule has 22 heavy (non-hydrogen) atoms. The minimum absolute atomic E-state index is 0.0504. The summed E-state index contributed by atoms with van der Waals surface area (Å²) in [6.45, 7) is 1.48. The molecule has 0 saturated heterocycles. The Morgan fingerprint density at radius 2 is 1.41 bits per heavy atom. The largest absolute Gasteiger partial charge is 0.261 e. The van der Waals surface area contributed by atoms with Crippen LogP contribution in [-0.2, 0) is 18.1 Å². The fourth-order valence-electron chi connectivity index (χ4n) is 1.47. The van der Waals surface area contributed by atoms with E-state index in [2.05, 4.69) is 0 Å². The molecule has 0 aliphatic heterocycles. The van der Waals surface area contributed by atoms with Crippen LogP contribution in [0.2, 0.25) is 0 Å². The lowest BCUT2D eigenvalue weighted by Crippen LogP contribution is -1.94. The highest BCUT2D eigenvalue weighted by Gasteiger charge is 2.12. The molecule has 0 atom stereocenters. The molecule has 2 aromatic carbocycles. The first kappa shape index (κ1) is 18.9. The van der Waals surface area contributed by atoms with Gasteiger partial charge in [-0.15, -0.1) is 0 Å². The van der Waals surface area contributed by atoms with Gasteiger partial charge in [0.15, 0.2) is 0 Å². The molecule has 0 amide bonds. The van der Waals surface area contributed by atoms with E-state index in [1.54, 1.807) is 18.2 Å². The summed E-state index contributed by atoms with van der Waals surface area (Å²) in [4.78, 5) is 0.0854. The Labute approximate surface area is 137 Å². The van der Waals surface area contributed by atoms with Crippen LogP contribution in [0.25, 0.3) is 0 Å². The maximum absolute atomic E-state index is 12.5. The highest BCUT2D eigenvalue weighted by molar-refractivity contribution is 8.14. The van der Waals surface area contributed by atoms with E-state index in [4.69, 9.17) is 21.4 Å². The van der Waals surface area contributed by atoms with Crippen molar-refractivity contribution >= 4 is 39.5 Å². The molecule has 9 heteroatoms. The molecule has 120 valence electrons. The molecule has 0 saturated carbocycles. The molecule has 0 heterocycles. The van der Waals surface area contributed by atoms with Crippen molar-refractivity contribution in [2.24, 2.45) is 0 Å². The van der Waals surface area contributed by atoms with Gasteiger partial charge < -0.3 is 0 Å². The highest BCUT2D eigenvalue weighted by Crippen LogP contribution is 2.19. The van der Waals surface area contributed by atoms with E-state index in [9.17, 15) is 21.2 Å². The smallest absolute Gasteiger partial charge is 0.207 e. The van der Waals surface area contributed by atoms with Crippen LogP contribution in [0, 0.1) is 12.7 Å². The van der Waals surface area contributed by atoms with Crippen molar-refractivity contribution in [3.63, 3.8) is 0 Å². The van der Waals surface area contributed by atoms with Gasteiger partial charge in [-0.05, 0) is 42.8 Å². The van der Waals surface area contributed by atoms with Crippen molar-refractivity contribution in [2.45, 2.75) is 16.7 Å². The molecule has 0 unspecified atom stereocenters. The summed E-state index contributed by atoms with van der Waals surface area (Å²) < 4.78 is 55.3. The fraction of sp³-hybridized carbons (Fsp3) is 0.0769. The van der Waals surface area contributed by atoms with Gasteiger partial charge in [0.1, 0.15) is 5.82 Å². The van der Waals surface area contributed by atoms with E-state index >= 15 is 0 Å². The summed E-state index contributed by atoms with van der Waals surface area (Å²) >= 11 is 0. The molecular weight excluding hydrogens is 374 g/mol. The van der Waals surface area contributed by atoms with Gasteiger partial charge in [0.05, 0.1) is 9.79 Å². The Bertz CT molecular complexity index is 851. The van der Waals surface area contributed by atoms with Crippen LogP contribution in [0.5, 0.6) is 0 Å². The summed E-state index contributed by atoms with van der Waals surface area (Å²) in [5, 5.41) is 0. The van der Waals surface area contributed by atoms with E-state index in [0.29, 0.717) is 5.56 Å². The Hall–Kier alpha value is -1.15. The molecule has 0 radical (unpaired) electrons. The van der Waals surface area contributed by atoms with Crippen LogP contribution in [0.1, 0.15) is 5.56 Å². The van der Waals surface area contributed by atoms with Crippen molar-refractivity contribution in [3.8, 4) is 0 Å². The molecule has 0 N–H and O–H groups in total. The summed E-state index contributed by atoms with van der Waals surface area (Å²) in [5.41, 5.74) is 0.310. The van der Waals surface area contributed by atoms with Gasteiger partial charge in [-0.3, -0.25) is 0 Å². The zero-order valence-electron chi connectivity index (χ0n) is 11.2. The average molecular weight is 385 g/mol. The second-order valence-corrected chi connectivity index (χ2v) is 9.20. The molecule has 4 nitrogen and oxygen atoms in total. The van der Waals surface area contributed by atoms with Gasteiger partial charge in [0, 0.05) is 21.4 Å². The van der Waals surface area contributed by atoms with Crippen molar-refractivity contribution < 1.29 is 21.2 Å². The molecule has 0 fully saturated rings. The fourth-order valence-corrected chi connectivity index (χ4v) is 3.45. The SMILES string of the molecule is Cc1cc(F)ccc1S(=O)(=O)Cl.O=S(=O)(Cl)c1ccccc1. The Kier molecular flexibility index (Phi) is 6.37. The summed E-state index contributed by atoms with van der Waals surface area (Å²) in [7, 11) is 2.82. The Morgan fingerprint density at radius 1 is 0.864 bits per heavy atom. The predicted molar refractivity (Wildman–Crippen MR) is 83.7 cm³/mol. The van der Waals surface area contributed by atoms with Gasteiger partial charge in [-0.25, -0.2) is 21.2 Å². The highest BCUT2D eigenvalue weighted by atomic mass is 35.7. The number of halogens is 3. The average Bonchev–Trinajstić information content (AvgIpc) is 2.38. The van der Waals surface area contributed by atoms with E-state index in [0.717, 1.165) is 18.2 Å². The first-order chi connectivity index (χ1) is 10.0. The number of rotatable bonds is 2. The second kappa shape index (κ2) is 7.41. The van der Waals surface area contributed by atoms with Crippen LogP contribution < -0.4 is 0 Å². The maximum Gasteiger partial charge on any atom is 0.261 e. The predicted octanol–water partition coefficient (Wildman–Crippen LogP) is 3.68. The lowest BCUT2D eigenvalue weighted by Gasteiger charge is -1.99. The minimum Gasteiger partial charge on any atom is -0.207 e. The molecule has 0 aliphatic rings. The van der Waals surface area contributed by atoms with Crippen molar-refractivity contribution in [1.29, 1.82) is 0 Å². The minimum atomic E-state index is -3.74. The first-order valence-corrected chi connectivity index (χ1v) is 10.3. The quantitative estimate of drug-likeness (QED) is 0.740. The molecule has 2 rings (SSSR count). The molecule has 0 aromatic heterocycles. The molecule has 2 aromatic rings. The van der Waals surface area contributed by atoms with Crippen molar-refractivity contribution in [2.75, 3.05) is 0 Å². The van der Waals surface area contributed by atoms with Gasteiger partial charge in [0.2, 0.25) is 0 Å². The van der Waals surface area contributed by atoms with Gasteiger partial charge >= 0.3 is 0 Å². The van der Waals surface area contributed by atoms with Crippen LogP contribution in [-0.4, -0.2) is 16.8 Å². The molecular formula is C13H11Cl2FO4S2. The van der Waals surface area contributed by atoms with Crippen LogP contribution in [0.15, 0.2) is 58.3 Å². The van der Waals surface area contributed by atoms with Crippen LogP contribution in [0.3, 0.4) is 0 Å². The van der Waals surface area contributed by atoms with Crippen molar-refractivity contribution in [3.05, 3.63) is 59.9 Å². The van der Waals surface area contributed by atoms with Crippen LogP contribution >= 0.6 is 21.4 Å². The normalized spacial score (nSPS) is 11.5. The Balaban J connectivity index is 0.000000224. The zero-order valence-corrected chi connectivity index (χ0v) is 14.3. The standard InChI is InChI=1S/C7H6ClFO2S.C6H5ClO2S/c1-5-4-6(9)2-3-7(5)12(8,10)11;7-10(8,9)6-4-2-1-3-5-6/h2-4H,1H3;1-5H. The number of benzene rings is 2. The topological polar surface area (TPSA) is 68.3 Å². The van der Waals surface area contributed by atoms with E-state index in [1.807, 2.05) is 0 Å². The maximum atomic E-state index is 12.5. The third-order valence-electron chi connectivity index (χ3n) is 2.42. The van der Waals surface area contributed by atoms with E-state index < -0.39 is 23.9 Å². The van der Waals surface area contributed by atoms with Crippen LogP contribution in [0.4, 0.5) is 4.39 Å². The lowest BCUT2D eigenvalue weighted by molar-refractivity contribution is 0.605. The molecule has 0 bridgehead atoms. The van der Waals surface area contributed by atoms with Gasteiger partial charge in [-0.2, -0.15) is 0 Å². The monoisotopic (exact) mass is 384 g/mol. The number of aryl methyl sites for hydroxylation is 1. The van der Waals surface area contributed by atoms with Crippen molar-refractivity contribution in [1.82, 2.24) is 0 Å². The zero-order chi connectivity index (χ0) is 17.0. The third kappa shape index (κ3) is 5.92. The number of hydrogen-bond donors (Lipinski definition) is 0. The number of hydrogen-bond acceptors (Lipinski definition) is 4. The van der Waals surface area contributed by atoms with Gasteiger partial charge in [-0.1, -0.05) is 18.2 Å². The van der Waals surface area contributed by atoms with E-state index in [1.165, 1.54) is 19.1 Å². The summed E-state index contributed by atoms with van der Waals surface area (Å²) in [6.07, 6.45) is 0. The first-order valence-electron chi connectivity index (χ1n) is 5.72. The second-order valence-electron chi connectivity index (χ2n) is 4.10. The third-order valence-corrected chi connectivity index (χ3v) is 5.28. The van der Waals surface area contributed by atoms with E-state index in [-0.39, 0.29) is 9.79 Å². The molecule has 0 aliphatic carbocycles. The molecule has 0 spiro atoms. The van der Waals surface area contributed by atoms with Gasteiger partial charge in [0.25, 0.3) is 18.1 Å². The lowest BCUT2D eigenvalue weighted by atomic mass is 10.2.